The summed E-state index contributed by atoms with van der Waals surface area (Å²) < 4.78 is 10.7. The molecule has 0 bridgehead atoms. The predicted octanol–water partition coefficient (Wildman–Crippen LogP) is 2.76. The van der Waals surface area contributed by atoms with Gasteiger partial charge in [0.25, 0.3) is 0 Å². The maximum atomic E-state index is 11.6. The number of carbonyl (C=O) groups is 1. The summed E-state index contributed by atoms with van der Waals surface area (Å²) in [6, 6.07) is 5.11. The lowest BCUT2D eigenvalue weighted by atomic mass is 9.91. The molecule has 20 heavy (non-hydrogen) atoms. The van der Waals surface area contributed by atoms with Gasteiger partial charge in [0.15, 0.2) is 0 Å². The Morgan fingerprint density at radius 1 is 1.40 bits per heavy atom. The number of rotatable bonds is 2. The van der Waals surface area contributed by atoms with Crippen LogP contribution in [-0.2, 0) is 9.57 Å². The normalized spacial score (nSPS) is 21.9. The van der Waals surface area contributed by atoms with Gasteiger partial charge in [-0.05, 0) is 32.0 Å². The van der Waals surface area contributed by atoms with Gasteiger partial charge < -0.3 is 14.3 Å². The summed E-state index contributed by atoms with van der Waals surface area (Å²) in [5, 5.41) is 4.07. The number of methoxy groups -OCH3 is 1. The lowest BCUT2D eigenvalue weighted by Crippen LogP contribution is -2.47. The zero-order chi connectivity index (χ0) is 14.9. The van der Waals surface area contributed by atoms with E-state index >= 15 is 0 Å². The second-order valence-electron chi connectivity index (χ2n) is 4.93. The Bertz CT molecular complexity index is 568. The van der Waals surface area contributed by atoms with Gasteiger partial charge in [-0.3, -0.25) is 0 Å². The van der Waals surface area contributed by atoms with Gasteiger partial charge >= 0.3 is 5.97 Å². The van der Waals surface area contributed by atoms with Crippen molar-refractivity contribution in [3.05, 3.63) is 29.3 Å². The lowest BCUT2D eigenvalue weighted by molar-refractivity contribution is 0.0600. The van der Waals surface area contributed by atoms with Crippen LogP contribution in [0.3, 0.4) is 0 Å². The minimum atomic E-state index is -0.475. The number of hydrogen-bond acceptors (Lipinski definition) is 5. The van der Waals surface area contributed by atoms with Crippen molar-refractivity contribution in [2.24, 2.45) is 5.16 Å². The Labute approximate surface area is 126 Å². The molecule has 1 aromatic carbocycles. The number of hydrogen-bond donors (Lipinski definition) is 0. The first-order chi connectivity index (χ1) is 9.40. The number of oxime groups is 1. The van der Waals surface area contributed by atoms with Crippen LogP contribution in [0.4, 0.5) is 0 Å². The van der Waals surface area contributed by atoms with Crippen LogP contribution < -0.4 is 4.74 Å². The van der Waals surface area contributed by atoms with Gasteiger partial charge in [0.1, 0.15) is 24.2 Å². The third-order valence-corrected chi connectivity index (χ3v) is 4.63. The highest BCUT2D eigenvalue weighted by molar-refractivity contribution is 9.10. The van der Waals surface area contributed by atoms with Crippen LogP contribution >= 0.6 is 15.9 Å². The molecule has 0 aliphatic carbocycles. The first-order valence-electron chi connectivity index (χ1n) is 6.07. The van der Waals surface area contributed by atoms with Gasteiger partial charge in [-0.1, -0.05) is 21.1 Å². The standard InChI is InChI=1S/C14H16BrNO4/c1-14(2)12(15)11(16-19-4)9-7-8(13(17)18-3)5-6-10(9)20-14/h5-7,12H,1-4H3. The molecule has 1 aromatic rings. The van der Waals surface area contributed by atoms with E-state index in [0.29, 0.717) is 17.0 Å². The van der Waals surface area contributed by atoms with Crippen LogP contribution in [0, 0.1) is 0 Å². The summed E-state index contributed by atoms with van der Waals surface area (Å²) in [4.78, 5) is 16.4. The molecule has 1 aliphatic rings. The molecule has 1 atom stereocenters. The Hall–Kier alpha value is -1.56. The Morgan fingerprint density at radius 2 is 2.10 bits per heavy atom. The van der Waals surface area contributed by atoms with Crippen molar-refractivity contribution in [2.75, 3.05) is 14.2 Å². The molecule has 0 saturated heterocycles. The Balaban J connectivity index is 2.57. The molecule has 6 heteroatoms. The van der Waals surface area contributed by atoms with Crippen molar-refractivity contribution in [1.82, 2.24) is 0 Å². The fourth-order valence-corrected chi connectivity index (χ4v) is 2.48. The summed E-state index contributed by atoms with van der Waals surface area (Å²) in [5.74, 6) is 0.259. The van der Waals surface area contributed by atoms with E-state index in [4.69, 9.17) is 14.3 Å². The molecule has 0 N–H and O–H groups in total. The van der Waals surface area contributed by atoms with Gasteiger partial charge in [0.2, 0.25) is 0 Å². The van der Waals surface area contributed by atoms with Crippen molar-refractivity contribution < 1.29 is 19.1 Å². The molecule has 5 nitrogen and oxygen atoms in total. The smallest absolute Gasteiger partial charge is 0.337 e. The SMILES string of the molecule is CON=C1c2cc(C(=O)OC)ccc2OC(C)(C)C1Br. The Morgan fingerprint density at radius 3 is 2.70 bits per heavy atom. The minimum absolute atomic E-state index is 0.157. The summed E-state index contributed by atoms with van der Waals surface area (Å²) >= 11 is 3.57. The zero-order valence-corrected chi connectivity index (χ0v) is 13.4. The van der Waals surface area contributed by atoms with Crippen LogP contribution in [0.25, 0.3) is 0 Å². The monoisotopic (exact) mass is 341 g/mol. The highest BCUT2D eigenvalue weighted by Crippen LogP contribution is 2.37. The topological polar surface area (TPSA) is 57.1 Å². The number of ether oxygens (including phenoxy) is 2. The first-order valence-corrected chi connectivity index (χ1v) is 6.99. The summed E-state index contributed by atoms with van der Waals surface area (Å²) in [7, 11) is 2.83. The molecule has 108 valence electrons. The van der Waals surface area contributed by atoms with Crippen molar-refractivity contribution in [1.29, 1.82) is 0 Å². The van der Waals surface area contributed by atoms with Crippen molar-refractivity contribution in [3.63, 3.8) is 0 Å². The van der Waals surface area contributed by atoms with E-state index in [9.17, 15) is 4.79 Å². The molecule has 0 aromatic heterocycles. The van der Waals surface area contributed by atoms with Crippen LogP contribution in [0.2, 0.25) is 0 Å². The largest absolute Gasteiger partial charge is 0.486 e. The second-order valence-corrected chi connectivity index (χ2v) is 5.85. The van der Waals surface area contributed by atoms with E-state index in [1.807, 2.05) is 13.8 Å². The van der Waals surface area contributed by atoms with Crippen LogP contribution in [-0.4, -0.2) is 36.3 Å². The van der Waals surface area contributed by atoms with Crippen LogP contribution in [0.1, 0.15) is 29.8 Å². The third kappa shape index (κ3) is 2.52. The maximum absolute atomic E-state index is 11.6. The number of benzene rings is 1. The van der Waals surface area contributed by atoms with Gasteiger partial charge in [0.05, 0.1) is 17.5 Å². The fraction of sp³-hybridized carbons (Fsp3) is 0.429. The first kappa shape index (κ1) is 14.8. The Kier molecular flexibility index (Phi) is 4.04. The van der Waals surface area contributed by atoms with E-state index in [1.54, 1.807) is 18.2 Å². The van der Waals surface area contributed by atoms with Crippen LogP contribution in [0.15, 0.2) is 23.4 Å². The average Bonchev–Trinajstić information content (AvgIpc) is 2.42. The number of alkyl halides is 1. The molecular formula is C14H16BrNO4. The molecule has 1 heterocycles. The van der Waals surface area contributed by atoms with Crippen LogP contribution in [0.5, 0.6) is 5.75 Å². The summed E-state index contributed by atoms with van der Waals surface area (Å²) in [6.45, 7) is 3.91. The number of carbonyl (C=O) groups excluding carboxylic acids is 1. The molecule has 1 unspecified atom stereocenters. The average molecular weight is 342 g/mol. The maximum Gasteiger partial charge on any atom is 0.337 e. The van der Waals surface area contributed by atoms with Gasteiger partial charge in [0, 0.05) is 5.56 Å². The zero-order valence-electron chi connectivity index (χ0n) is 11.8. The molecule has 1 aliphatic heterocycles. The minimum Gasteiger partial charge on any atom is -0.486 e. The quantitative estimate of drug-likeness (QED) is 0.471. The second kappa shape index (κ2) is 5.44. The van der Waals surface area contributed by atoms with E-state index in [-0.39, 0.29) is 4.83 Å². The molecule has 0 spiro atoms. The summed E-state index contributed by atoms with van der Waals surface area (Å²) in [6.07, 6.45) is 0. The molecule has 2 rings (SSSR count). The molecule has 0 amide bonds. The number of nitrogens with zero attached hydrogens (tertiary/aromatic N) is 1. The van der Waals surface area contributed by atoms with Crippen molar-refractivity contribution in [3.8, 4) is 5.75 Å². The fourth-order valence-electron chi connectivity index (χ4n) is 2.06. The number of halogens is 1. The van der Waals surface area contributed by atoms with Gasteiger partial charge in [-0.2, -0.15) is 0 Å². The van der Waals surface area contributed by atoms with Crippen molar-refractivity contribution in [2.45, 2.75) is 24.3 Å². The predicted molar refractivity (Wildman–Crippen MR) is 78.7 cm³/mol. The highest BCUT2D eigenvalue weighted by Gasteiger charge is 2.40. The summed E-state index contributed by atoms with van der Waals surface area (Å²) in [5.41, 5.74) is 1.37. The molecular weight excluding hydrogens is 326 g/mol. The van der Waals surface area contributed by atoms with E-state index < -0.39 is 11.6 Å². The molecule has 0 saturated carbocycles. The lowest BCUT2D eigenvalue weighted by Gasteiger charge is -2.37. The van der Waals surface area contributed by atoms with Gasteiger partial charge in [-0.25, -0.2) is 4.79 Å². The molecule has 0 fully saturated rings. The van der Waals surface area contributed by atoms with Crippen molar-refractivity contribution >= 4 is 27.6 Å². The third-order valence-electron chi connectivity index (χ3n) is 3.09. The van der Waals surface area contributed by atoms with E-state index in [0.717, 1.165) is 5.56 Å². The number of fused-ring (bicyclic) bond motifs is 1. The van der Waals surface area contributed by atoms with Gasteiger partial charge in [-0.15, -0.1) is 0 Å². The molecule has 0 radical (unpaired) electrons. The highest BCUT2D eigenvalue weighted by atomic mass is 79.9. The van der Waals surface area contributed by atoms with E-state index in [1.165, 1.54) is 14.2 Å². The number of esters is 1. The van der Waals surface area contributed by atoms with E-state index in [2.05, 4.69) is 21.1 Å².